The zero-order valence-corrected chi connectivity index (χ0v) is 18.7. The van der Waals surface area contributed by atoms with Gasteiger partial charge in [-0.25, -0.2) is 17.9 Å². The van der Waals surface area contributed by atoms with Crippen LogP contribution in [-0.4, -0.2) is 70.0 Å². The summed E-state index contributed by atoms with van der Waals surface area (Å²) >= 11 is 0. The fourth-order valence-corrected chi connectivity index (χ4v) is 4.25. The smallest absolute Gasteiger partial charge is 0.194 e. The van der Waals surface area contributed by atoms with Gasteiger partial charge in [-0.2, -0.15) is 5.26 Å². The number of aliphatic hydroxyl groups is 3. The van der Waals surface area contributed by atoms with Crippen LogP contribution >= 0.6 is 0 Å². The van der Waals surface area contributed by atoms with E-state index in [1.165, 1.54) is 17.1 Å². The molecule has 2 aromatic heterocycles. The molecular formula is C23H18F3N7O4. The molecule has 14 heteroatoms. The van der Waals surface area contributed by atoms with Gasteiger partial charge in [-0.1, -0.05) is 11.3 Å². The van der Waals surface area contributed by atoms with Crippen molar-refractivity contribution in [3.8, 4) is 23.0 Å². The molecule has 4 aromatic rings. The molecule has 11 nitrogen and oxygen atoms in total. The molecule has 0 spiro atoms. The van der Waals surface area contributed by atoms with E-state index in [9.17, 15) is 33.8 Å². The van der Waals surface area contributed by atoms with Crippen LogP contribution in [0.5, 0.6) is 0 Å². The van der Waals surface area contributed by atoms with Gasteiger partial charge in [0.05, 0.1) is 24.4 Å². The van der Waals surface area contributed by atoms with Crippen LogP contribution in [0.1, 0.15) is 23.5 Å². The van der Waals surface area contributed by atoms with Crippen LogP contribution in [0, 0.1) is 28.8 Å². The molecule has 3 heterocycles. The number of nitrogens with zero attached hydrogens (tertiary/aromatic N) is 7. The molecule has 0 unspecified atom stereocenters. The Morgan fingerprint density at radius 3 is 2.51 bits per heavy atom. The second-order valence-corrected chi connectivity index (χ2v) is 8.31. The number of hydrogen-bond donors (Lipinski definition) is 3. The lowest BCUT2D eigenvalue weighted by Gasteiger charge is -2.41. The molecule has 3 N–H and O–H groups in total. The molecule has 0 aliphatic carbocycles. The Morgan fingerprint density at radius 2 is 1.81 bits per heavy atom. The minimum absolute atomic E-state index is 0.0581. The van der Waals surface area contributed by atoms with E-state index >= 15 is 0 Å². The molecule has 1 fully saturated rings. The minimum Gasteiger partial charge on any atom is -0.394 e. The van der Waals surface area contributed by atoms with Gasteiger partial charge in [0.15, 0.2) is 23.3 Å². The monoisotopic (exact) mass is 513 g/mol. The number of halogens is 3. The van der Waals surface area contributed by atoms with Crippen LogP contribution in [-0.2, 0) is 4.74 Å². The number of rotatable bonds is 5. The molecule has 2 aromatic carbocycles. The van der Waals surface area contributed by atoms with E-state index in [0.29, 0.717) is 11.3 Å². The highest BCUT2D eigenvalue weighted by Gasteiger charge is 2.48. The normalized spacial score (nSPS) is 23.6. The molecule has 190 valence electrons. The first-order chi connectivity index (χ1) is 17.8. The second kappa shape index (κ2) is 9.71. The quantitative estimate of drug-likeness (QED) is 0.334. The molecule has 1 saturated heterocycles. The number of aliphatic hydroxyl groups excluding tert-OH is 3. The van der Waals surface area contributed by atoms with Crippen molar-refractivity contribution in [1.82, 2.24) is 29.8 Å². The van der Waals surface area contributed by atoms with Gasteiger partial charge in [-0.3, -0.25) is 4.57 Å². The van der Waals surface area contributed by atoms with Gasteiger partial charge in [0.1, 0.15) is 42.5 Å². The van der Waals surface area contributed by atoms with Crippen molar-refractivity contribution in [1.29, 1.82) is 5.26 Å². The van der Waals surface area contributed by atoms with E-state index in [1.807, 2.05) is 6.07 Å². The van der Waals surface area contributed by atoms with Crippen LogP contribution < -0.4 is 0 Å². The Kier molecular flexibility index (Phi) is 6.44. The Bertz CT molecular complexity index is 1460. The highest BCUT2D eigenvalue weighted by atomic mass is 19.2. The van der Waals surface area contributed by atoms with Crippen LogP contribution in [0.2, 0.25) is 0 Å². The molecule has 1 aliphatic heterocycles. The maximum atomic E-state index is 13.7. The van der Waals surface area contributed by atoms with Crippen LogP contribution in [0.25, 0.3) is 16.9 Å². The molecule has 0 bridgehead atoms. The molecule has 0 amide bonds. The fourth-order valence-electron chi connectivity index (χ4n) is 4.25. The van der Waals surface area contributed by atoms with Crippen molar-refractivity contribution < 1.29 is 33.2 Å². The largest absolute Gasteiger partial charge is 0.394 e. The maximum Gasteiger partial charge on any atom is 0.194 e. The zero-order chi connectivity index (χ0) is 26.3. The lowest BCUT2D eigenvalue weighted by Crippen LogP contribution is -2.53. The summed E-state index contributed by atoms with van der Waals surface area (Å²) in [5.41, 5.74) is 0.692. The first-order valence-corrected chi connectivity index (χ1v) is 10.9. The molecular weight excluding hydrogens is 495 g/mol. The van der Waals surface area contributed by atoms with Crippen molar-refractivity contribution in [3.63, 3.8) is 0 Å². The highest BCUT2D eigenvalue weighted by molar-refractivity contribution is 5.58. The summed E-state index contributed by atoms with van der Waals surface area (Å²) in [6, 6.07) is 8.76. The summed E-state index contributed by atoms with van der Waals surface area (Å²) in [4.78, 5) is 0. The highest BCUT2D eigenvalue weighted by Crippen LogP contribution is 2.38. The Morgan fingerprint density at radius 1 is 1.05 bits per heavy atom. The SMILES string of the molecule is N#Cc1cccc(-n2cnnc2[C@@H]2O[C@H](CO)[C@H](O)[C@H](n3cc(-c4cc(F)c(F)c(F)c4)nn3)[C@H]2O)c1. The zero-order valence-electron chi connectivity index (χ0n) is 18.7. The third-order valence-electron chi connectivity index (χ3n) is 6.07. The summed E-state index contributed by atoms with van der Waals surface area (Å²) in [5, 5.41) is 56.8. The van der Waals surface area contributed by atoms with Gasteiger partial charge in [0.2, 0.25) is 0 Å². The second-order valence-electron chi connectivity index (χ2n) is 8.31. The van der Waals surface area contributed by atoms with E-state index in [1.54, 1.807) is 24.3 Å². The van der Waals surface area contributed by atoms with Gasteiger partial charge >= 0.3 is 0 Å². The average molecular weight is 513 g/mol. The standard InChI is InChI=1S/C23H18F3N7O4/c24-14-5-12(6-15(25)18(14)26)16-8-33(31-29-16)19-20(35)17(9-34)37-22(21(19)36)23-30-28-10-32(23)13-3-1-2-11(4-13)7-27/h1-6,8,10,17,19-22,34-36H,9H2/t17-,19+,20+,21-,22-/m1/s1. The average Bonchev–Trinajstić information content (AvgIpc) is 3.58. The topological polar surface area (TPSA) is 155 Å². The Hall–Kier alpha value is -4.16. The van der Waals surface area contributed by atoms with Crippen LogP contribution in [0.15, 0.2) is 48.9 Å². The summed E-state index contributed by atoms with van der Waals surface area (Å²) in [6.07, 6.45) is -2.86. The molecule has 5 rings (SSSR count). The third-order valence-corrected chi connectivity index (χ3v) is 6.07. The van der Waals surface area contributed by atoms with Gasteiger partial charge in [-0.15, -0.1) is 15.3 Å². The van der Waals surface area contributed by atoms with Crippen LogP contribution in [0.3, 0.4) is 0 Å². The number of nitriles is 1. The van der Waals surface area contributed by atoms with E-state index < -0.39 is 54.5 Å². The lowest BCUT2D eigenvalue weighted by atomic mass is 9.92. The minimum atomic E-state index is -1.63. The van der Waals surface area contributed by atoms with Crippen molar-refractivity contribution in [2.24, 2.45) is 0 Å². The third kappa shape index (κ3) is 4.34. The predicted octanol–water partition coefficient (Wildman–Crippen LogP) is 1.21. The summed E-state index contributed by atoms with van der Waals surface area (Å²) < 4.78 is 49.1. The van der Waals surface area contributed by atoms with Crippen molar-refractivity contribution in [2.45, 2.75) is 30.5 Å². The van der Waals surface area contributed by atoms with Crippen molar-refractivity contribution >= 4 is 0 Å². The molecule has 1 aliphatic rings. The molecule has 37 heavy (non-hydrogen) atoms. The number of ether oxygens (including phenoxy) is 1. The Balaban J connectivity index is 1.52. The van der Waals surface area contributed by atoms with E-state index in [-0.39, 0.29) is 17.1 Å². The summed E-state index contributed by atoms with van der Waals surface area (Å²) in [5.74, 6) is -4.36. The number of hydrogen-bond acceptors (Lipinski definition) is 9. The van der Waals surface area contributed by atoms with E-state index in [4.69, 9.17) is 4.74 Å². The Labute approximate surface area is 206 Å². The number of benzene rings is 2. The van der Waals surface area contributed by atoms with Crippen molar-refractivity contribution in [3.05, 3.63) is 77.8 Å². The first kappa shape index (κ1) is 24.5. The van der Waals surface area contributed by atoms with Gasteiger partial charge < -0.3 is 20.1 Å². The van der Waals surface area contributed by atoms with E-state index in [0.717, 1.165) is 16.8 Å². The number of aromatic nitrogens is 6. The molecule has 0 saturated carbocycles. The first-order valence-electron chi connectivity index (χ1n) is 10.9. The van der Waals surface area contributed by atoms with Gasteiger partial charge in [-0.05, 0) is 30.3 Å². The molecule has 0 radical (unpaired) electrons. The van der Waals surface area contributed by atoms with Crippen LogP contribution in [0.4, 0.5) is 13.2 Å². The van der Waals surface area contributed by atoms with Gasteiger partial charge in [0, 0.05) is 11.3 Å². The van der Waals surface area contributed by atoms with E-state index in [2.05, 4.69) is 20.5 Å². The lowest BCUT2D eigenvalue weighted by molar-refractivity contribution is -0.210. The van der Waals surface area contributed by atoms with Gasteiger partial charge in [0.25, 0.3) is 0 Å². The summed E-state index contributed by atoms with van der Waals surface area (Å²) in [6.45, 7) is -0.630. The predicted molar refractivity (Wildman–Crippen MR) is 117 cm³/mol. The summed E-state index contributed by atoms with van der Waals surface area (Å²) in [7, 11) is 0. The maximum absolute atomic E-state index is 13.7. The molecule has 5 atom stereocenters. The fraction of sp³-hybridized carbons (Fsp3) is 0.261. The van der Waals surface area contributed by atoms with Crippen molar-refractivity contribution in [2.75, 3.05) is 6.61 Å².